The fourth-order valence-electron chi connectivity index (χ4n) is 2.70. The first kappa shape index (κ1) is 15.3. The van der Waals surface area contributed by atoms with E-state index in [9.17, 15) is 5.11 Å². The maximum absolute atomic E-state index is 10.5. The number of aryl methyl sites for hydroxylation is 4. The number of halogens is 1. The normalized spacial score (nSPS) is 12.5. The molecule has 2 aromatic carbocycles. The lowest BCUT2D eigenvalue weighted by Gasteiger charge is -2.15. The van der Waals surface area contributed by atoms with Crippen LogP contribution in [0.25, 0.3) is 0 Å². The van der Waals surface area contributed by atoms with Crippen molar-refractivity contribution in [2.45, 2.75) is 40.2 Å². The third-order valence-electron chi connectivity index (χ3n) is 3.55. The molecule has 1 atom stereocenters. The first-order chi connectivity index (χ1) is 9.36. The average Bonchev–Trinajstić information content (AvgIpc) is 2.33. The van der Waals surface area contributed by atoms with Gasteiger partial charge in [-0.3, -0.25) is 0 Å². The molecule has 1 unspecified atom stereocenters. The Balaban J connectivity index is 2.25. The highest BCUT2D eigenvalue weighted by Gasteiger charge is 2.12. The summed E-state index contributed by atoms with van der Waals surface area (Å²) in [5, 5.41) is 10.5. The van der Waals surface area contributed by atoms with Gasteiger partial charge in [-0.1, -0.05) is 57.4 Å². The molecule has 2 heteroatoms. The summed E-state index contributed by atoms with van der Waals surface area (Å²) in [4.78, 5) is 0. The molecule has 20 heavy (non-hydrogen) atoms. The van der Waals surface area contributed by atoms with E-state index in [0.717, 1.165) is 10.0 Å². The summed E-state index contributed by atoms with van der Waals surface area (Å²) >= 11 is 3.57. The van der Waals surface area contributed by atoms with E-state index >= 15 is 0 Å². The molecule has 1 nitrogen and oxygen atoms in total. The highest BCUT2D eigenvalue weighted by Crippen LogP contribution is 2.27. The molecule has 0 radical (unpaired) electrons. The van der Waals surface area contributed by atoms with Crippen LogP contribution in [0.3, 0.4) is 0 Å². The molecule has 106 valence electrons. The second-order valence-electron chi connectivity index (χ2n) is 5.68. The Morgan fingerprint density at radius 2 is 1.40 bits per heavy atom. The van der Waals surface area contributed by atoms with Gasteiger partial charge in [-0.05, 0) is 49.9 Å². The van der Waals surface area contributed by atoms with Crippen LogP contribution in [0.5, 0.6) is 0 Å². The van der Waals surface area contributed by atoms with Gasteiger partial charge >= 0.3 is 0 Å². The van der Waals surface area contributed by atoms with Crippen LogP contribution < -0.4 is 0 Å². The van der Waals surface area contributed by atoms with Gasteiger partial charge in [-0.25, -0.2) is 0 Å². The van der Waals surface area contributed by atoms with Gasteiger partial charge in [0.05, 0.1) is 6.10 Å². The Hall–Kier alpha value is -1.12. The molecule has 0 saturated heterocycles. The van der Waals surface area contributed by atoms with Gasteiger partial charge < -0.3 is 5.11 Å². The molecule has 0 aromatic heterocycles. The van der Waals surface area contributed by atoms with E-state index in [1.54, 1.807) is 0 Å². The highest BCUT2D eigenvalue weighted by molar-refractivity contribution is 9.10. The Kier molecular flexibility index (Phi) is 4.66. The Morgan fingerprint density at radius 3 is 1.90 bits per heavy atom. The first-order valence-electron chi connectivity index (χ1n) is 6.88. The van der Waals surface area contributed by atoms with Crippen molar-refractivity contribution >= 4 is 15.9 Å². The van der Waals surface area contributed by atoms with Gasteiger partial charge in [0.25, 0.3) is 0 Å². The van der Waals surface area contributed by atoms with Crippen molar-refractivity contribution in [1.82, 2.24) is 0 Å². The van der Waals surface area contributed by atoms with Crippen LogP contribution in [0.4, 0.5) is 0 Å². The quantitative estimate of drug-likeness (QED) is 0.842. The summed E-state index contributed by atoms with van der Waals surface area (Å²) in [6, 6.07) is 10.6. The predicted molar refractivity (Wildman–Crippen MR) is 88.2 cm³/mol. The molecule has 0 aliphatic heterocycles. The molecule has 0 bridgehead atoms. The fourth-order valence-corrected chi connectivity index (χ4v) is 2.93. The van der Waals surface area contributed by atoms with Crippen molar-refractivity contribution in [2.24, 2.45) is 0 Å². The van der Waals surface area contributed by atoms with Crippen LogP contribution in [0.15, 0.2) is 34.8 Å². The monoisotopic (exact) mass is 332 g/mol. The Morgan fingerprint density at radius 1 is 0.900 bits per heavy atom. The summed E-state index contributed by atoms with van der Waals surface area (Å²) in [7, 11) is 0. The molecule has 2 aromatic rings. The molecular weight excluding hydrogens is 312 g/mol. The lowest BCUT2D eigenvalue weighted by Crippen LogP contribution is -2.03. The average molecular weight is 333 g/mol. The van der Waals surface area contributed by atoms with E-state index in [4.69, 9.17) is 0 Å². The molecule has 0 saturated carbocycles. The van der Waals surface area contributed by atoms with Crippen molar-refractivity contribution < 1.29 is 5.11 Å². The van der Waals surface area contributed by atoms with Gasteiger partial charge in [0.1, 0.15) is 0 Å². The van der Waals surface area contributed by atoms with Crippen LogP contribution in [-0.4, -0.2) is 5.11 Å². The maximum atomic E-state index is 10.5. The molecule has 1 N–H and O–H groups in total. The van der Waals surface area contributed by atoms with Crippen LogP contribution in [0.2, 0.25) is 0 Å². The van der Waals surface area contributed by atoms with Crippen molar-refractivity contribution in [3.05, 3.63) is 68.2 Å². The Labute approximate surface area is 129 Å². The van der Waals surface area contributed by atoms with E-state index in [-0.39, 0.29) is 0 Å². The van der Waals surface area contributed by atoms with E-state index in [0.29, 0.717) is 6.42 Å². The number of aliphatic hydroxyl groups is 1. The van der Waals surface area contributed by atoms with Gasteiger partial charge in [-0.2, -0.15) is 0 Å². The lowest BCUT2D eigenvalue weighted by atomic mass is 9.96. The minimum Gasteiger partial charge on any atom is -0.388 e. The van der Waals surface area contributed by atoms with Crippen molar-refractivity contribution in [2.75, 3.05) is 0 Å². The molecule has 0 heterocycles. The molecule has 0 spiro atoms. The molecule has 0 aliphatic rings. The van der Waals surface area contributed by atoms with Crippen molar-refractivity contribution in [3.8, 4) is 0 Å². The van der Waals surface area contributed by atoms with Gasteiger partial charge in [0, 0.05) is 10.9 Å². The molecule has 0 fully saturated rings. The van der Waals surface area contributed by atoms with Gasteiger partial charge in [0.2, 0.25) is 0 Å². The summed E-state index contributed by atoms with van der Waals surface area (Å²) in [5.41, 5.74) is 7.00. The van der Waals surface area contributed by atoms with E-state index < -0.39 is 6.10 Å². The largest absolute Gasteiger partial charge is 0.388 e. The van der Waals surface area contributed by atoms with Crippen molar-refractivity contribution in [3.63, 3.8) is 0 Å². The van der Waals surface area contributed by atoms with Crippen LogP contribution in [0, 0.1) is 27.7 Å². The number of hydrogen-bond acceptors (Lipinski definition) is 1. The zero-order valence-corrected chi connectivity index (χ0v) is 14.1. The Bertz CT molecular complexity index is 588. The van der Waals surface area contributed by atoms with Crippen LogP contribution >= 0.6 is 15.9 Å². The topological polar surface area (TPSA) is 20.2 Å². The van der Waals surface area contributed by atoms with E-state index in [1.165, 1.54) is 27.8 Å². The van der Waals surface area contributed by atoms with Gasteiger partial charge in [0.15, 0.2) is 0 Å². The van der Waals surface area contributed by atoms with Gasteiger partial charge in [-0.15, -0.1) is 0 Å². The second kappa shape index (κ2) is 6.11. The van der Waals surface area contributed by atoms with E-state index in [1.807, 2.05) is 0 Å². The van der Waals surface area contributed by atoms with Crippen LogP contribution in [-0.2, 0) is 6.42 Å². The molecule has 0 aliphatic carbocycles. The standard InChI is InChI=1S/C18H21BrO/c1-11-5-12(2)7-15(6-11)10-17(20)16-8-13(3)18(19)14(4)9-16/h5-9,17,20H,10H2,1-4H3. The van der Waals surface area contributed by atoms with E-state index in [2.05, 4.69) is 74.0 Å². The summed E-state index contributed by atoms with van der Waals surface area (Å²) in [6.45, 7) is 8.31. The number of benzene rings is 2. The number of rotatable bonds is 3. The summed E-state index contributed by atoms with van der Waals surface area (Å²) in [6.07, 6.45) is 0.199. The molecule has 2 rings (SSSR count). The van der Waals surface area contributed by atoms with Crippen molar-refractivity contribution in [1.29, 1.82) is 0 Å². The summed E-state index contributed by atoms with van der Waals surface area (Å²) < 4.78 is 1.12. The maximum Gasteiger partial charge on any atom is 0.0830 e. The zero-order valence-electron chi connectivity index (χ0n) is 12.5. The number of hydrogen-bond donors (Lipinski definition) is 1. The third kappa shape index (κ3) is 3.50. The highest BCUT2D eigenvalue weighted by atomic mass is 79.9. The van der Waals surface area contributed by atoms with Crippen LogP contribution in [0.1, 0.15) is 39.5 Å². The minimum absolute atomic E-state index is 0.457. The second-order valence-corrected chi connectivity index (χ2v) is 6.48. The fraction of sp³-hybridized carbons (Fsp3) is 0.333. The smallest absolute Gasteiger partial charge is 0.0830 e. The molecular formula is C18H21BrO. The third-order valence-corrected chi connectivity index (χ3v) is 4.80. The SMILES string of the molecule is Cc1cc(C)cc(CC(O)c2cc(C)c(Br)c(C)c2)c1. The predicted octanol–water partition coefficient (Wildman–Crippen LogP) is 4.96. The lowest BCUT2D eigenvalue weighted by molar-refractivity contribution is 0.178. The first-order valence-corrected chi connectivity index (χ1v) is 7.68. The summed E-state index contributed by atoms with van der Waals surface area (Å²) in [5.74, 6) is 0. The number of aliphatic hydroxyl groups excluding tert-OH is 1. The zero-order chi connectivity index (χ0) is 14.9. The minimum atomic E-state index is -0.457. The molecule has 0 amide bonds.